The summed E-state index contributed by atoms with van der Waals surface area (Å²) in [5.74, 6) is 3.71. The average Bonchev–Trinajstić information content (AvgIpc) is 2.91. The standard InChI is InChI=1S/C18H22N2O/c21-18(14-8-10-3-1-2-4-13(10)9-19-14)20-17-15-11-5-6-12(7-11)16(15)17/h1-4,11-12,14-17,19H,5-9H2,(H,20,21)/t11?,12?,14-,15?,16?,17?/m1/s1. The molecule has 1 aliphatic heterocycles. The molecule has 3 heteroatoms. The molecular weight excluding hydrogens is 260 g/mol. The average molecular weight is 282 g/mol. The minimum absolute atomic E-state index is 0.0427. The van der Waals surface area contributed by atoms with Gasteiger partial charge in [-0.3, -0.25) is 4.79 Å². The van der Waals surface area contributed by atoms with E-state index >= 15 is 0 Å². The third kappa shape index (κ3) is 1.80. The second-order valence-corrected chi connectivity index (χ2v) is 7.43. The molecule has 21 heavy (non-hydrogen) atoms. The summed E-state index contributed by atoms with van der Waals surface area (Å²) in [6.07, 6.45) is 5.09. The molecular formula is C18H22N2O. The van der Waals surface area contributed by atoms with Crippen molar-refractivity contribution < 1.29 is 4.79 Å². The Bertz CT molecular complexity index is 583. The maximum absolute atomic E-state index is 12.5. The van der Waals surface area contributed by atoms with Crippen molar-refractivity contribution in [3.8, 4) is 0 Å². The Labute approximate surface area is 125 Å². The molecule has 5 atom stereocenters. The lowest BCUT2D eigenvalue weighted by Crippen LogP contribution is -2.49. The molecule has 0 radical (unpaired) electrons. The van der Waals surface area contributed by atoms with E-state index in [-0.39, 0.29) is 11.9 Å². The lowest BCUT2D eigenvalue weighted by Gasteiger charge is -2.25. The van der Waals surface area contributed by atoms with Crippen LogP contribution in [0.4, 0.5) is 0 Å². The van der Waals surface area contributed by atoms with E-state index < -0.39 is 0 Å². The highest BCUT2D eigenvalue weighted by Crippen LogP contribution is 2.65. The van der Waals surface area contributed by atoms with Gasteiger partial charge in [0.1, 0.15) is 0 Å². The van der Waals surface area contributed by atoms with E-state index in [0.29, 0.717) is 6.04 Å². The fourth-order valence-electron chi connectivity index (χ4n) is 5.42. The molecule has 0 saturated heterocycles. The minimum atomic E-state index is -0.0427. The molecule has 1 aromatic rings. The summed E-state index contributed by atoms with van der Waals surface area (Å²) >= 11 is 0. The van der Waals surface area contributed by atoms with E-state index in [2.05, 4.69) is 34.9 Å². The first-order valence-corrected chi connectivity index (χ1v) is 8.42. The quantitative estimate of drug-likeness (QED) is 0.869. The molecule has 3 nitrogen and oxygen atoms in total. The molecule has 1 aromatic carbocycles. The van der Waals surface area contributed by atoms with Crippen molar-refractivity contribution in [1.29, 1.82) is 0 Å². The first-order valence-electron chi connectivity index (χ1n) is 8.42. The molecule has 1 amide bonds. The van der Waals surface area contributed by atoms with Gasteiger partial charge in [-0.15, -0.1) is 0 Å². The van der Waals surface area contributed by atoms with Crippen molar-refractivity contribution in [2.45, 2.75) is 44.3 Å². The molecule has 5 rings (SSSR count). The maximum Gasteiger partial charge on any atom is 0.237 e. The molecule has 4 unspecified atom stereocenters. The van der Waals surface area contributed by atoms with Crippen LogP contribution < -0.4 is 10.6 Å². The van der Waals surface area contributed by atoms with E-state index in [9.17, 15) is 4.79 Å². The fraction of sp³-hybridized carbons (Fsp3) is 0.611. The van der Waals surface area contributed by atoms with Crippen molar-refractivity contribution in [2.24, 2.45) is 23.7 Å². The molecule has 3 aliphatic carbocycles. The Morgan fingerprint density at radius 3 is 2.57 bits per heavy atom. The van der Waals surface area contributed by atoms with Crippen LogP contribution >= 0.6 is 0 Å². The highest BCUT2D eigenvalue weighted by molar-refractivity contribution is 5.83. The van der Waals surface area contributed by atoms with Gasteiger partial charge in [-0.25, -0.2) is 0 Å². The monoisotopic (exact) mass is 282 g/mol. The van der Waals surface area contributed by atoms with Crippen LogP contribution in [0.15, 0.2) is 24.3 Å². The Morgan fingerprint density at radius 2 is 1.81 bits per heavy atom. The van der Waals surface area contributed by atoms with Crippen molar-refractivity contribution in [2.75, 3.05) is 0 Å². The minimum Gasteiger partial charge on any atom is -0.351 e. The van der Waals surface area contributed by atoms with Gasteiger partial charge in [-0.05, 0) is 60.5 Å². The van der Waals surface area contributed by atoms with Gasteiger partial charge < -0.3 is 10.6 Å². The Morgan fingerprint density at radius 1 is 1.10 bits per heavy atom. The smallest absolute Gasteiger partial charge is 0.237 e. The van der Waals surface area contributed by atoms with E-state index in [0.717, 1.165) is 36.6 Å². The number of carbonyl (C=O) groups excluding carboxylic acids is 1. The van der Waals surface area contributed by atoms with E-state index in [1.807, 2.05) is 0 Å². The van der Waals surface area contributed by atoms with Crippen molar-refractivity contribution >= 4 is 5.91 Å². The number of nitrogens with one attached hydrogen (secondary N) is 2. The summed E-state index contributed by atoms with van der Waals surface area (Å²) in [4.78, 5) is 12.5. The van der Waals surface area contributed by atoms with Crippen LogP contribution in [0.3, 0.4) is 0 Å². The molecule has 3 fully saturated rings. The molecule has 2 N–H and O–H groups in total. The van der Waals surface area contributed by atoms with Crippen molar-refractivity contribution in [3.05, 3.63) is 35.4 Å². The van der Waals surface area contributed by atoms with Gasteiger partial charge >= 0.3 is 0 Å². The molecule has 1 heterocycles. The lowest BCUT2D eigenvalue weighted by molar-refractivity contribution is -0.123. The van der Waals surface area contributed by atoms with Crippen LogP contribution in [0.2, 0.25) is 0 Å². The van der Waals surface area contributed by atoms with E-state index in [1.54, 1.807) is 0 Å². The predicted octanol–water partition coefficient (Wildman–Crippen LogP) is 1.86. The highest BCUT2D eigenvalue weighted by atomic mass is 16.2. The second kappa shape index (κ2) is 4.33. The topological polar surface area (TPSA) is 41.1 Å². The van der Waals surface area contributed by atoms with E-state index in [4.69, 9.17) is 0 Å². The molecule has 0 aromatic heterocycles. The second-order valence-electron chi connectivity index (χ2n) is 7.43. The van der Waals surface area contributed by atoms with Crippen molar-refractivity contribution in [1.82, 2.24) is 10.6 Å². The fourth-order valence-corrected chi connectivity index (χ4v) is 5.42. The SMILES string of the molecule is O=C(NC1C2C3CCC(C3)C12)[C@H]1Cc2ccccc2CN1. The van der Waals surface area contributed by atoms with Gasteiger partial charge in [0.2, 0.25) is 5.91 Å². The van der Waals surface area contributed by atoms with Gasteiger partial charge in [0.15, 0.2) is 0 Å². The normalized spacial score (nSPS) is 42.3. The molecule has 110 valence electrons. The first kappa shape index (κ1) is 12.2. The molecule has 3 saturated carbocycles. The van der Waals surface area contributed by atoms with Crippen LogP contribution in [-0.4, -0.2) is 18.0 Å². The number of fused-ring (bicyclic) bond motifs is 6. The van der Waals surface area contributed by atoms with Crippen LogP contribution in [0.25, 0.3) is 0 Å². The number of hydrogen-bond acceptors (Lipinski definition) is 2. The van der Waals surface area contributed by atoms with Gasteiger partial charge in [-0.2, -0.15) is 0 Å². The Balaban J connectivity index is 1.25. The van der Waals surface area contributed by atoms with Crippen LogP contribution in [0, 0.1) is 23.7 Å². The summed E-state index contributed by atoms with van der Waals surface area (Å²) in [6, 6.07) is 8.91. The Kier molecular flexibility index (Phi) is 2.52. The number of carbonyl (C=O) groups is 1. The predicted molar refractivity (Wildman–Crippen MR) is 80.5 cm³/mol. The summed E-state index contributed by atoms with van der Waals surface area (Å²) in [5, 5.41) is 6.76. The summed E-state index contributed by atoms with van der Waals surface area (Å²) < 4.78 is 0. The van der Waals surface area contributed by atoms with Crippen molar-refractivity contribution in [3.63, 3.8) is 0 Å². The Hall–Kier alpha value is -1.35. The largest absolute Gasteiger partial charge is 0.351 e. The van der Waals surface area contributed by atoms with E-state index in [1.165, 1.54) is 30.4 Å². The van der Waals surface area contributed by atoms with Gasteiger partial charge in [-0.1, -0.05) is 24.3 Å². The molecule has 4 aliphatic rings. The number of hydrogen-bond donors (Lipinski definition) is 2. The number of benzene rings is 1. The van der Waals surface area contributed by atoms with Crippen LogP contribution in [0.1, 0.15) is 30.4 Å². The van der Waals surface area contributed by atoms with Gasteiger partial charge in [0.25, 0.3) is 0 Å². The van der Waals surface area contributed by atoms with Crippen LogP contribution in [0.5, 0.6) is 0 Å². The first-order chi connectivity index (χ1) is 10.3. The maximum atomic E-state index is 12.5. The summed E-state index contributed by atoms with van der Waals surface area (Å²) in [6.45, 7) is 0.817. The zero-order chi connectivity index (χ0) is 14.0. The summed E-state index contributed by atoms with van der Waals surface area (Å²) in [5.41, 5.74) is 2.66. The zero-order valence-electron chi connectivity index (χ0n) is 12.2. The van der Waals surface area contributed by atoms with Gasteiger partial charge in [0, 0.05) is 12.6 Å². The third-order valence-electron chi connectivity index (χ3n) is 6.44. The number of amides is 1. The van der Waals surface area contributed by atoms with Gasteiger partial charge in [0.05, 0.1) is 6.04 Å². The highest BCUT2D eigenvalue weighted by Gasteiger charge is 2.65. The molecule has 2 bridgehead atoms. The summed E-state index contributed by atoms with van der Waals surface area (Å²) in [7, 11) is 0. The molecule has 0 spiro atoms. The number of rotatable bonds is 2. The van der Waals surface area contributed by atoms with Crippen LogP contribution in [-0.2, 0) is 17.8 Å². The lowest BCUT2D eigenvalue weighted by atomic mass is 9.95. The zero-order valence-corrected chi connectivity index (χ0v) is 12.2. The third-order valence-corrected chi connectivity index (χ3v) is 6.44.